The Hall–Kier alpha value is -2.13. The number of carbonyl (C=O) groups is 1. The standard InChI is InChI=1S/C29H34N2O/c32-27(19-29-16-20-13-21(17-29)15-22(14-20)18-29)30-9-11-31(12-10-30)28-25-7-3-1-5-23(25)24-6-2-4-8-26(24)28/h1-8,20-22,28H,9-19H2. The molecule has 4 bridgehead atoms. The smallest absolute Gasteiger partial charge is 0.223 e. The molecular weight excluding hydrogens is 392 g/mol. The number of hydrogen-bond acceptors (Lipinski definition) is 2. The zero-order valence-electron chi connectivity index (χ0n) is 19.0. The zero-order valence-corrected chi connectivity index (χ0v) is 19.0. The van der Waals surface area contributed by atoms with Gasteiger partial charge in [0, 0.05) is 32.6 Å². The van der Waals surface area contributed by atoms with Gasteiger partial charge in [-0.15, -0.1) is 0 Å². The molecule has 3 heteroatoms. The van der Waals surface area contributed by atoms with E-state index >= 15 is 0 Å². The summed E-state index contributed by atoms with van der Waals surface area (Å²) in [6, 6.07) is 18.1. The van der Waals surface area contributed by atoms with Crippen LogP contribution >= 0.6 is 0 Å². The molecule has 1 heterocycles. The van der Waals surface area contributed by atoms with E-state index in [1.807, 2.05) is 0 Å². The quantitative estimate of drug-likeness (QED) is 0.646. The highest BCUT2D eigenvalue weighted by atomic mass is 16.2. The summed E-state index contributed by atoms with van der Waals surface area (Å²) in [6.45, 7) is 3.71. The van der Waals surface area contributed by atoms with E-state index < -0.39 is 0 Å². The van der Waals surface area contributed by atoms with Crippen LogP contribution in [0.2, 0.25) is 0 Å². The molecule has 0 spiro atoms. The van der Waals surface area contributed by atoms with Crippen LogP contribution in [0, 0.1) is 23.2 Å². The van der Waals surface area contributed by atoms with Crippen molar-refractivity contribution in [3.8, 4) is 11.1 Å². The average molecular weight is 427 g/mol. The minimum atomic E-state index is 0.336. The normalized spacial score (nSPS) is 33.4. The molecule has 2 aromatic carbocycles. The van der Waals surface area contributed by atoms with Gasteiger partial charge in [0.25, 0.3) is 0 Å². The summed E-state index contributed by atoms with van der Waals surface area (Å²) in [7, 11) is 0. The molecule has 1 saturated heterocycles. The van der Waals surface area contributed by atoms with Crippen LogP contribution in [0.5, 0.6) is 0 Å². The summed E-state index contributed by atoms with van der Waals surface area (Å²) < 4.78 is 0. The lowest BCUT2D eigenvalue weighted by Crippen LogP contribution is -2.52. The van der Waals surface area contributed by atoms with Crippen LogP contribution in [0.15, 0.2) is 48.5 Å². The SMILES string of the molecule is O=C(CC12CC3CC(CC(C3)C1)C2)N1CCN(C2c3ccccc3-c3ccccc32)CC1. The molecule has 0 unspecified atom stereocenters. The molecule has 0 radical (unpaired) electrons. The Morgan fingerprint density at radius 2 is 1.25 bits per heavy atom. The number of nitrogens with zero attached hydrogens (tertiary/aromatic N) is 2. The van der Waals surface area contributed by atoms with Crippen LogP contribution in [-0.4, -0.2) is 41.9 Å². The average Bonchev–Trinajstić information content (AvgIpc) is 3.12. The number of amides is 1. The Morgan fingerprint density at radius 1 is 0.750 bits per heavy atom. The fourth-order valence-corrected chi connectivity index (χ4v) is 8.69. The highest BCUT2D eigenvalue weighted by molar-refractivity contribution is 5.79. The van der Waals surface area contributed by atoms with Crippen LogP contribution in [0.4, 0.5) is 0 Å². The monoisotopic (exact) mass is 426 g/mol. The van der Waals surface area contributed by atoms with Crippen molar-refractivity contribution in [2.24, 2.45) is 23.2 Å². The maximum absolute atomic E-state index is 13.4. The first-order valence-corrected chi connectivity index (χ1v) is 12.9. The molecule has 6 aliphatic rings. The number of hydrogen-bond donors (Lipinski definition) is 0. The van der Waals surface area contributed by atoms with Crippen LogP contribution in [0.3, 0.4) is 0 Å². The first-order chi connectivity index (χ1) is 15.7. The molecule has 4 saturated carbocycles. The second-order valence-corrected chi connectivity index (χ2v) is 11.6. The van der Waals surface area contributed by atoms with Crippen molar-refractivity contribution in [3.05, 3.63) is 59.7 Å². The molecule has 0 atom stereocenters. The molecule has 3 nitrogen and oxygen atoms in total. The van der Waals surface area contributed by atoms with Crippen LogP contribution in [0.1, 0.15) is 62.1 Å². The van der Waals surface area contributed by atoms with Gasteiger partial charge in [0.05, 0.1) is 6.04 Å². The molecule has 0 N–H and O–H groups in total. The van der Waals surface area contributed by atoms with Gasteiger partial charge in [-0.05, 0) is 83.9 Å². The first-order valence-electron chi connectivity index (χ1n) is 12.9. The van der Waals surface area contributed by atoms with Crippen molar-refractivity contribution in [2.75, 3.05) is 26.2 Å². The summed E-state index contributed by atoms with van der Waals surface area (Å²) in [5.41, 5.74) is 5.98. The number of fused-ring (bicyclic) bond motifs is 3. The van der Waals surface area contributed by atoms with Crippen LogP contribution < -0.4 is 0 Å². The minimum absolute atomic E-state index is 0.336. The first kappa shape index (κ1) is 19.3. The second kappa shape index (κ2) is 7.18. The van der Waals surface area contributed by atoms with E-state index in [0.717, 1.165) is 50.4 Å². The van der Waals surface area contributed by atoms with Gasteiger partial charge >= 0.3 is 0 Å². The van der Waals surface area contributed by atoms with Crippen molar-refractivity contribution in [1.82, 2.24) is 9.80 Å². The predicted octanol–water partition coefficient (Wildman–Crippen LogP) is 5.51. The number of piperazine rings is 1. The molecule has 5 aliphatic carbocycles. The summed E-state index contributed by atoms with van der Waals surface area (Å²) in [4.78, 5) is 18.2. The van der Waals surface area contributed by atoms with E-state index in [1.165, 1.54) is 60.8 Å². The minimum Gasteiger partial charge on any atom is -0.340 e. The van der Waals surface area contributed by atoms with Gasteiger partial charge in [-0.25, -0.2) is 0 Å². The molecule has 2 aromatic rings. The molecule has 166 valence electrons. The fraction of sp³-hybridized carbons (Fsp3) is 0.552. The highest BCUT2D eigenvalue weighted by Gasteiger charge is 2.51. The predicted molar refractivity (Wildman–Crippen MR) is 127 cm³/mol. The largest absolute Gasteiger partial charge is 0.340 e. The summed E-state index contributed by atoms with van der Waals surface area (Å²) in [5.74, 6) is 3.22. The lowest BCUT2D eigenvalue weighted by molar-refractivity contribution is -0.141. The second-order valence-electron chi connectivity index (χ2n) is 11.6. The third-order valence-electron chi connectivity index (χ3n) is 9.52. The number of rotatable bonds is 3. The van der Waals surface area contributed by atoms with Crippen molar-refractivity contribution in [1.29, 1.82) is 0 Å². The van der Waals surface area contributed by atoms with Crippen molar-refractivity contribution in [2.45, 2.75) is 51.0 Å². The van der Waals surface area contributed by atoms with Crippen molar-refractivity contribution in [3.63, 3.8) is 0 Å². The maximum Gasteiger partial charge on any atom is 0.223 e. The fourth-order valence-electron chi connectivity index (χ4n) is 8.69. The van der Waals surface area contributed by atoms with Crippen LogP contribution in [-0.2, 0) is 4.79 Å². The van der Waals surface area contributed by atoms with Gasteiger partial charge in [0.2, 0.25) is 5.91 Å². The Bertz CT molecular complexity index is 970. The lowest BCUT2D eigenvalue weighted by Gasteiger charge is -2.57. The van der Waals surface area contributed by atoms with Crippen molar-refractivity contribution >= 4 is 5.91 Å². The van der Waals surface area contributed by atoms with E-state index in [1.54, 1.807) is 0 Å². The van der Waals surface area contributed by atoms with E-state index in [4.69, 9.17) is 0 Å². The molecular formula is C29H34N2O. The van der Waals surface area contributed by atoms with E-state index in [2.05, 4.69) is 58.3 Å². The van der Waals surface area contributed by atoms with Gasteiger partial charge in [0.15, 0.2) is 0 Å². The summed E-state index contributed by atoms with van der Waals surface area (Å²) in [6.07, 6.45) is 9.19. The van der Waals surface area contributed by atoms with Gasteiger partial charge in [-0.3, -0.25) is 9.69 Å². The summed E-state index contributed by atoms with van der Waals surface area (Å²) >= 11 is 0. The highest BCUT2D eigenvalue weighted by Crippen LogP contribution is 2.61. The molecule has 1 aliphatic heterocycles. The van der Waals surface area contributed by atoms with E-state index in [0.29, 0.717) is 17.4 Å². The molecule has 32 heavy (non-hydrogen) atoms. The van der Waals surface area contributed by atoms with Gasteiger partial charge < -0.3 is 4.90 Å². The van der Waals surface area contributed by atoms with Gasteiger partial charge in [-0.2, -0.15) is 0 Å². The van der Waals surface area contributed by atoms with Gasteiger partial charge in [-0.1, -0.05) is 48.5 Å². The van der Waals surface area contributed by atoms with E-state index in [-0.39, 0.29) is 0 Å². The third kappa shape index (κ3) is 3.00. The van der Waals surface area contributed by atoms with Crippen LogP contribution in [0.25, 0.3) is 11.1 Å². The third-order valence-corrected chi connectivity index (χ3v) is 9.52. The van der Waals surface area contributed by atoms with Crippen molar-refractivity contribution < 1.29 is 4.79 Å². The Balaban J connectivity index is 1.05. The number of benzene rings is 2. The molecule has 5 fully saturated rings. The lowest BCUT2D eigenvalue weighted by atomic mass is 9.49. The molecule has 8 rings (SSSR count). The molecule has 0 aromatic heterocycles. The summed E-state index contributed by atoms with van der Waals surface area (Å²) in [5, 5.41) is 0. The van der Waals surface area contributed by atoms with E-state index in [9.17, 15) is 4.79 Å². The Morgan fingerprint density at radius 3 is 1.78 bits per heavy atom. The topological polar surface area (TPSA) is 23.6 Å². The Labute approximate surface area is 191 Å². The zero-order chi connectivity index (χ0) is 21.3. The number of carbonyl (C=O) groups excluding carboxylic acids is 1. The van der Waals surface area contributed by atoms with Gasteiger partial charge in [0.1, 0.15) is 0 Å². The maximum atomic E-state index is 13.4. The molecule has 1 amide bonds. The Kier molecular flexibility index (Phi) is 4.34.